The van der Waals surface area contributed by atoms with E-state index in [-0.39, 0.29) is 10.8 Å². The summed E-state index contributed by atoms with van der Waals surface area (Å²) in [6.45, 7) is -0.417. The standard InChI is InChI=1S/C18H18N4O4S2/c1-26-15-11-7-6-10-14(15)22(28(2,24)25)12-16(23)19-18-21-20-17(27-18)13-8-4-3-5-9-13/h3-11H,12H2,1-2H3,(H,19,21,23). The Kier molecular flexibility index (Phi) is 5.90. The third-order valence-corrected chi connectivity index (χ3v) is 5.75. The first kappa shape index (κ1) is 19.8. The third-order valence-electron chi connectivity index (χ3n) is 3.73. The predicted octanol–water partition coefficient (Wildman–Crippen LogP) is 2.62. The van der Waals surface area contributed by atoms with Crippen molar-refractivity contribution < 1.29 is 17.9 Å². The maximum Gasteiger partial charge on any atom is 0.246 e. The van der Waals surface area contributed by atoms with Crippen LogP contribution in [0.25, 0.3) is 10.6 Å². The minimum Gasteiger partial charge on any atom is -0.495 e. The average molecular weight is 419 g/mol. The van der Waals surface area contributed by atoms with E-state index in [4.69, 9.17) is 4.74 Å². The van der Waals surface area contributed by atoms with Gasteiger partial charge in [-0.25, -0.2) is 8.42 Å². The number of nitrogens with zero attached hydrogens (tertiary/aromatic N) is 3. The summed E-state index contributed by atoms with van der Waals surface area (Å²) in [5, 5.41) is 11.6. The largest absolute Gasteiger partial charge is 0.495 e. The van der Waals surface area contributed by atoms with E-state index in [1.54, 1.807) is 24.3 Å². The number of carbonyl (C=O) groups is 1. The van der Waals surface area contributed by atoms with Gasteiger partial charge >= 0.3 is 0 Å². The molecule has 0 saturated heterocycles. The second-order valence-corrected chi connectivity index (χ2v) is 8.65. The van der Waals surface area contributed by atoms with E-state index in [2.05, 4.69) is 15.5 Å². The predicted molar refractivity (Wildman–Crippen MR) is 109 cm³/mol. The molecule has 0 atom stereocenters. The molecule has 0 unspecified atom stereocenters. The summed E-state index contributed by atoms with van der Waals surface area (Å²) >= 11 is 1.21. The van der Waals surface area contributed by atoms with Crippen molar-refractivity contribution in [3.05, 3.63) is 54.6 Å². The zero-order valence-electron chi connectivity index (χ0n) is 15.2. The number of rotatable bonds is 7. The quantitative estimate of drug-likeness (QED) is 0.633. The monoisotopic (exact) mass is 418 g/mol. The second kappa shape index (κ2) is 8.36. The maximum absolute atomic E-state index is 12.5. The minimum atomic E-state index is -3.72. The number of hydrogen-bond donors (Lipinski definition) is 1. The molecule has 3 aromatic rings. The Morgan fingerprint density at radius 1 is 1.11 bits per heavy atom. The number of methoxy groups -OCH3 is 1. The van der Waals surface area contributed by atoms with Crippen LogP contribution in [-0.2, 0) is 14.8 Å². The number of sulfonamides is 1. The van der Waals surface area contributed by atoms with Gasteiger partial charge in [0.2, 0.25) is 21.1 Å². The van der Waals surface area contributed by atoms with Crippen molar-refractivity contribution in [1.82, 2.24) is 10.2 Å². The molecule has 0 radical (unpaired) electrons. The van der Waals surface area contributed by atoms with Crippen LogP contribution in [0.1, 0.15) is 0 Å². The van der Waals surface area contributed by atoms with Crippen LogP contribution in [0.4, 0.5) is 10.8 Å². The fraction of sp³-hybridized carbons (Fsp3) is 0.167. The molecule has 0 spiro atoms. The van der Waals surface area contributed by atoms with Gasteiger partial charge < -0.3 is 4.74 Å². The average Bonchev–Trinajstić information content (AvgIpc) is 3.14. The van der Waals surface area contributed by atoms with E-state index in [1.165, 1.54) is 18.4 Å². The molecule has 0 aliphatic rings. The number of amides is 1. The SMILES string of the molecule is COc1ccccc1N(CC(=O)Nc1nnc(-c2ccccc2)s1)S(C)(=O)=O. The fourth-order valence-electron chi connectivity index (χ4n) is 2.48. The summed E-state index contributed by atoms with van der Waals surface area (Å²) in [5.41, 5.74) is 1.16. The molecule has 0 saturated carbocycles. The van der Waals surface area contributed by atoms with Gasteiger partial charge in [0.1, 0.15) is 17.3 Å². The number of carbonyl (C=O) groups excluding carboxylic acids is 1. The van der Waals surface area contributed by atoms with E-state index < -0.39 is 22.5 Å². The van der Waals surface area contributed by atoms with Gasteiger partial charge in [-0.2, -0.15) is 0 Å². The van der Waals surface area contributed by atoms with Crippen molar-refractivity contribution in [2.24, 2.45) is 0 Å². The van der Waals surface area contributed by atoms with Crippen LogP contribution in [0.15, 0.2) is 54.6 Å². The van der Waals surface area contributed by atoms with E-state index in [0.717, 1.165) is 16.1 Å². The molecule has 1 N–H and O–H groups in total. The molecular formula is C18H18N4O4S2. The molecule has 3 rings (SSSR count). The molecule has 1 heterocycles. The van der Waals surface area contributed by atoms with E-state index in [1.807, 2.05) is 30.3 Å². The smallest absolute Gasteiger partial charge is 0.246 e. The first-order chi connectivity index (χ1) is 13.4. The van der Waals surface area contributed by atoms with Crippen molar-refractivity contribution in [3.63, 3.8) is 0 Å². The molecule has 28 heavy (non-hydrogen) atoms. The van der Waals surface area contributed by atoms with E-state index in [9.17, 15) is 13.2 Å². The van der Waals surface area contributed by atoms with Crippen molar-refractivity contribution in [3.8, 4) is 16.3 Å². The molecule has 1 aromatic heterocycles. The summed E-state index contributed by atoms with van der Waals surface area (Å²) in [6, 6.07) is 16.0. The van der Waals surface area contributed by atoms with Gasteiger partial charge in [-0.05, 0) is 12.1 Å². The normalized spacial score (nSPS) is 11.1. The summed E-state index contributed by atoms with van der Waals surface area (Å²) in [4.78, 5) is 12.5. The van der Waals surface area contributed by atoms with Crippen molar-refractivity contribution >= 4 is 38.1 Å². The van der Waals surface area contributed by atoms with Crippen LogP contribution in [0.5, 0.6) is 5.75 Å². The lowest BCUT2D eigenvalue weighted by Gasteiger charge is -2.23. The number of benzene rings is 2. The van der Waals surface area contributed by atoms with Crippen LogP contribution in [0.3, 0.4) is 0 Å². The van der Waals surface area contributed by atoms with Crippen LogP contribution >= 0.6 is 11.3 Å². The summed E-state index contributed by atoms with van der Waals surface area (Å²) in [6.07, 6.45) is 1.03. The number of anilines is 2. The zero-order chi connectivity index (χ0) is 20.1. The van der Waals surface area contributed by atoms with Crippen LogP contribution in [0.2, 0.25) is 0 Å². The van der Waals surface area contributed by atoms with Crippen LogP contribution < -0.4 is 14.4 Å². The highest BCUT2D eigenvalue weighted by Gasteiger charge is 2.24. The highest BCUT2D eigenvalue weighted by molar-refractivity contribution is 7.92. The van der Waals surface area contributed by atoms with Crippen LogP contribution in [-0.4, -0.2) is 44.4 Å². The topological polar surface area (TPSA) is 101 Å². The van der Waals surface area contributed by atoms with Crippen LogP contribution in [0, 0.1) is 0 Å². The Labute approximate surface area is 166 Å². The Balaban J connectivity index is 1.77. The molecular weight excluding hydrogens is 400 g/mol. The molecule has 0 aliphatic heterocycles. The summed E-state index contributed by atoms with van der Waals surface area (Å²) in [7, 11) is -2.28. The molecule has 0 fully saturated rings. The lowest BCUT2D eigenvalue weighted by Crippen LogP contribution is -2.37. The van der Waals surface area contributed by atoms with Crippen molar-refractivity contribution in [2.75, 3.05) is 29.5 Å². The van der Waals surface area contributed by atoms with Gasteiger partial charge in [0.15, 0.2) is 0 Å². The highest BCUT2D eigenvalue weighted by atomic mass is 32.2. The maximum atomic E-state index is 12.5. The lowest BCUT2D eigenvalue weighted by molar-refractivity contribution is -0.114. The van der Waals surface area contributed by atoms with Gasteiger partial charge in [0, 0.05) is 5.56 Å². The van der Waals surface area contributed by atoms with Gasteiger partial charge in [-0.1, -0.05) is 53.8 Å². The number of ether oxygens (including phenoxy) is 1. The number of para-hydroxylation sites is 2. The van der Waals surface area contributed by atoms with Crippen molar-refractivity contribution in [1.29, 1.82) is 0 Å². The molecule has 10 heteroatoms. The Bertz CT molecular complexity index is 1070. The number of aromatic nitrogens is 2. The molecule has 0 bridgehead atoms. The van der Waals surface area contributed by atoms with Crippen molar-refractivity contribution in [2.45, 2.75) is 0 Å². The Hall–Kier alpha value is -2.98. The zero-order valence-corrected chi connectivity index (χ0v) is 16.8. The first-order valence-corrected chi connectivity index (χ1v) is 10.8. The fourth-order valence-corrected chi connectivity index (χ4v) is 4.10. The lowest BCUT2D eigenvalue weighted by atomic mass is 10.2. The molecule has 146 valence electrons. The van der Waals surface area contributed by atoms with Gasteiger partial charge in [0.25, 0.3) is 0 Å². The van der Waals surface area contributed by atoms with E-state index in [0.29, 0.717) is 10.8 Å². The summed E-state index contributed by atoms with van der Waals surface area (Å²) in [5.74, 6) is -0.185. The minimum absolute atomic E-state index is 0.282. The number of nitrogens with one attached hydrogen (secondary N) is 1. The molecule has 8 nitrogen and oxygen atoms in total. The summed E-state index contributed by atoms with van der Waals surface area (Å²) < 4.78 is 30.7. The third kappa shape index (κ3) is 4.65. The Morgan fingerprint density at radius 3 is 2.46 bits per heavy atom. The Morgan fingerprint density at radius 2 is 1.79 bits per heavy atom. The molecule has 2 aromatic carbocycles. The molecule has 0 aliphatic carbocycles. The number of hydrogen-bond acceptors (Lipinski definition) is 7. The van der Waals surface area contributed by atoms with E-state index >= 15 is 0 Å². The van der Waals surface area contributed by atoms with Gasteiger partial charge in [0.05, 0.1) is 19.1 Å². The van der Waals surface area contributed by atoms with Gasteiger partial charge in [-0.15, -0.1) is 10.2 Å². The first-order valence-electron chi connectivity index (χ1n) is 8.18. The molecule has 1 amide bonds. The second-order valence-electron chi connectivity index (χ2n) is 5.77. The van der Waals surface area contributed by atoms with Gasteiger partial charge in [-0.3, -0.25) is 14.4 Å². The highest BCUT2D eigenvalue weighted by Crippen LogP contribution is 2.30.